The first-order valence-corrected chi connectivity index (χ1v) is 18.8. The monoisotopic (exact) mass is 706 g/mol. The van der Waals surface area contributed by atoms with Crippen LogP contribution in [0.5, 0.6) is 0 Å². The maximum absolute atomic E-state index is 6.40. The van der Waals surface area contributed by atoms with E-state index in [-0.39, 0.29) is 5.92 Å². The van der Waals surface area contributed by atoms with Crippen LogP contribution in [0.15, 0.2) is 203 Å². The van der Waals surface area contributed by atoms with Gasteiger partial charge in [0.1, 0.15) is 5.52 Å². The highest BCUT2D eigenvalue weighted by molar-refractivity contribution is 5.90. The summed E-state index contributed by atoms with van der Waals surface area (Å²) in [7, 11) is 0. The highest BCUT2D eigenvalue weighted by Gasteiger charge is 2.39. The number of oxazole rings is 1. The van der Waals surface area contributed by atoms with Crippen LogP contribution in [-0.4, -0.2) is 19.7 Å². The zero-order valence-corrected chi connectivity index (χ0v) is 30.1. The first kappa shape index (κ1) is 31.4. The molecule has 0 fully saturated rings. The summed E-state index contributed by atoms with van der Waals surface area (Å²) in [4.78, 5) is 4.95. The molecule has 2 heterocycles. The molecule has 2 unspecified atom stereocenters. The van der Waals surface area contributed by atoms with Crippen LogP contribution in [0.25, 0.3) is 67.7 Å². The number of hydrogen-bond acceptors (Lipinski definition) is 4. The minimum absolute atomic E-state index is 0.280. The van der Waals surface area contributed by atoms with E-state index in [1.54, 1.807) is 0 Å². The molecule has 0 saturated heterocycles. The lowest BCUT2D eigenvalue weighted by molar-refractivity contribution is 0.568. The molecule has 4 aliphatic rings. The lowest BCUT2D eigenvalue weighted by Gasteiger charge is -2.41. The first-order valence-electron chi connectivity index (χ1n) is 18.8. The number of nitrogens with zero attached hydrogens (tertiary/aromatic N) is 4. The molecule has 0 bridgehead atoms. The Bertz CT molecular complexity index is 2890. The van der Waals surface area contributed by atoms with Crippen molar-refractivity contribution in [2.24, 2.45) is 11.8 Å². The highest BCUT2D eigenvalue weighted by atomic mass is 16.3. The van der Waals surface area contributed by atoms with Gasteiger partial charge in [0.05, 0.1) is 0 Å². The molecule has 5 aromatic carbocycles. The Kier molecular flexibility index (Phi) is 7.14. The predicted octanol–water partition coefficient (Wildman–Crippen LogP) is 11.9. The third-order valence-corrected chi connectivity index (χ3v) is 11.2. The second kappa shape index (κ2) is 12.5. The van der Waals surface area contributed by atoms with E-state index in [2.05, 4.69) is 145 Å². The van der Waals surface area contributed by atoms with E-state index in [1.165, 1.54) is 33.4 Å². The van der Waals surface area contributed by atoms with E-state index in [9.17, 15) is 0 Å². The van der Waals surface area contributed by atoms with Gasteiger partial charge in [-0.15, -0.1) is 10.2 Å². The molecule has 55 heavy (non-hydrogen) atoms. The largest absolute Gasteiger partial charge is 0.436 e. The lowest BCUT2D eigenvalue weighted by atomic mass is 9.62. The van der Waals surface area contributed by atoms with Crippen LogP contribution in [-0.2, 0) is 0 Å². The van der Waals surface area contributed by atoms with Crippen molar-refractivity contribution in [2.75, 3.05) is 0 Å². The molecule has 0 amide bonds. The van der Waals surface area contributed by atoms with Gasteiger partial charge in [0.15, 0.2) is 17.2 Å². The van der Waals surface area contributed by atoms with Crippen molar-refractivity contribution in [1.29, 1.82) is 0 Å². The topological polar surface area (TPSA) is 56.7 Å². The number of benzene rings is 5. The molecule has 7 aromatic rings. The summed E-state index contributed by atoms with van der Waals surface area (Å²) in [5, 5.41) is 9.44. The van der Waals surface area contributed by atoms with Crippen molar-refractivity contribution in [3.05, 3.63) is 209 Å². The number of fused-ring (bicyclic) bond motifs is 1. The van der Waals surface area contributed by atoms with Gasteiger partial charge in [0, 0.05) is 34.2 Å². The van der Waals surface area contributed by atoms with Crippen LogP contribution in [0.1, 0.15) is 11.1 Å². The molecule has 0 aliphatic heterocycles. The van der Waals surface area contributed by atoms with Crippen LogP contribution >= 0.6 is 0 Å². The summed E-state index contributed by atoms with van der Waals surface area (Å²) in [5.74, 6) is 2.82. The van der Waals surface area contributed by atoms with E-state index in [4.69, 9.17) is 19.6 Å². The fraction of sp³-hybridized carbons (Fsp3) is 0.0600. The third-order valence-electron chi connectivity index (χ3n) is 11.2. The number of para-hydroxylation sites is 2. The van der Waals surface area contributed by atoms with E-state index >= 15 is 0 Å². The third kappa shape index (κ3) is 5.27. The van der Waals surface area contributed by atoms with Crippen LogP contribution in [0, 0.1) is 18.8 Å². The lowest BCUT2D eigenvalue weighted by Crippen LogP contribution is -2.29. The Morgan fingerprint density at radius 3 is 2.07 bits per heavy atom. The summed E-state index contributed by atoms with van der Waals surface area (Å²) in [6.45, 7) is 2.10. The van der Waals surface area contributed by atoms with Gasteiger partial charge in [0.25, 0.3) is 0 Å². The molecule has 0 spiro atoms. The fourth-order valence-corrected chi connectivity index (χ4v) is 8.63. The molecule has 0 radical (unpaired) electrons. The van der Waals surface area contributed by atoms with Gasteiger partial charge in [-0.05, 0) is 100 Å². The fourth-order valence-electron chi connectivity index (χ4n) is 8.63. The van der Waals surface area contributed by atoms with Gasteiger partial charge < -0.3 is 4.42 Å². The van der Waals surface area contributed by atoms with Crippen LogP contribution in [0.2, 0.25) is 0 Å². The average Bonchev–Trinajstić information content (AvgIpc) is 3.89. The van der Waals surface area contributed by atoms with E-state index in [0.29, 0.717) is 11.8 Å². The first-order chi connectivity index (χ1) is 27.1. The maximum Gasteiger partial charge on any atom is 0.227 e. The molecule has 2 atom stereocenters. The standard InChI is InChI=1S/C50H34N4O/c1-31-10-7-16-37(26-31)49-53-52-48(35-11-3-2-4-12-35)54(49)41-24-22-32(23-25-41)38-27-39(29-40(28-38)50-51-44-18-5-6-19-45(44)55-50)43-30-36-15-8-13-33-20-21-34-14-9-17-42(43)47(34)46(33)36/h2-30,46-47H,1H3. The normalized spacial score (nSPS) is 17.9. The zero-order valence-electron chi connectivity index (χ0n) is 30.1. The second-order valence-electron chi connectivity index (χ2n) is 14.6. The van der Waals surface area contributed by atoms with Gasteiger partial charge in [-0.1, -0.05) is 133 Å². The van der Waals surface area contributed by atoms with Crippen LogP contribution in [0.4, 0.5) is 0 Å². The average molecular weight is 707 g/mol. The van der Waals surface area contributed by atoms with E-state index in [0.717, 1.165) is 61.8 Å². The van der Waals surface area contributed by atoms with Crippen molar-refractivity contribution >= 4 is 16.7 Å². The molecule has 5 heteroatoms. The van der Waals surface area contributed by atoms with Crippen molar-refractivity contribution in [1.82, 2.24) is 19.7 Å². The molecule has 11 rings (SSSR count). The molecule has 2 aromatic heterocycles. The second-order valence-corrected chi connectivity index (χ2v) is 14.6. The molecule has 4 aliphatic carbocycles. The molecule has 0 N–H and O–H groups in total. The van der Waals surface area contributed by atoms with Crippen molar-refractivity contribution in [3.8, 4) is 51.0 Å². The van der Waals surface area contributed by atoms with E-state index in [1.807, 2.05) is 42.5 Å². The van der Waals surface area contributed by atoms with E-state index < -0.39 is 0 Å². The maximum atomic E-state index is 6.40. The summed E-state index contributed by atoms with van der Waals surface area (Å²) >= 11 is 0. The number of aromatic nitrogens is 4. The summed E-state index contributed by atoms with van der Waals surface area (Å²) in [6, 6.07) is 42.1. The molecule has 260 valence electrons. The Morgan fingerprint density at radius 2 is 1.25 bits per heavy atom. The Hall–Kier alpha value is -7.11. The minimum atomic E-state index is 0.280. The van der Waals surface area contributed by atoms with Gasteiger partial charge in [0.2, 0.25) is 5.89 Å². The number of rotatable bonds is 6. The summed E-state index contributed by atoms with van der Waals surface area (Å²) in [5.41, 5.74) is 16.7. The zero-order chi connectivity index (χ0) is 36.5. The molecular weight excluding hydrogens is 673 g/mol. The smallest absolute Gasteiger partial charge is 0.227 e. The number of aryl methyl sites for hydroxylation is 1. The van der Waals surface area contributed by atoms with Crippen LogP contribution in [0.3, 0.4) is 0 Å². The Labute approximate surface area is 319 Å². The van der Waals surface area contributed by atoms with Gasteiger partial charge in [-0.3, -0.25) is 4.57 Å². The van der Waals surface area contributed by atoms with Crippen molar-refractivity contribution in [3.63, 3.8) is 0 Å². The number of allylic oxidation sites excluding steroid dienone is 14. The van der Waals surface area contributed by atoms with Crippen LogP contribution < -0.4 is 0 Å². The number of hydrogen-bond donors (Lipinski definition) is 0. The van der Waals surface area contributed by atoms with Crippen molar-refractivity contribution in [2.45, 2.75) is 6.92 Å². The Balaban J connectivity index is 1.07. The molecular formula is C50H34N4O. The SMILES string of the molecule is Cc1cccc(-c2nnc(-c3ccccc3)n2-c2ccc(-c3cc(C4=CC5=CC=CC6=CC=C7C=CC=C4C7C65)cc(-c4nc5ccccc5o4)c3)cc2)c1. The highest BCUT2D eigenvalue weighted by Crippen LogP contribution is 2.53. The Morgan fingerprint density at radius 1 is 0.545 bits per heavy atom. The van der Waals surface area contributed by atoms with Gasteiger partial charge in [-0.25, -0.2) is 4.98 Å². The summed E-state index contributed by atoms with van der Waals surface area (Å²) < 4.78 is 8.55. The van der Waals surface area contributed by atoms with Gasteiger partial charge in [-0.2, -0.15) is 0 Å². The minimum Gasteiger partial charge on any atom is -0.436 e. The predicted molar refractivity (Wildman–Crippen MR) is 221 cm³/mol. The quantitative estimate of drug-likeness (QED) is 0.173. The summed E-state index contributed by atoms with van der Waals surface area (Å²) in [6.07, 6.45) is 20.5. The van der Waals surface area contributed by atoms with Gasteiger partial charge >= 0.3 is 0 Å². The van der Waals surface area contributed by atoms with Crippen molar-refractivity contribution < 1.29 is 4.42 Å². The molecule has 5 nitrogen and oxygen atoms in total. The molecule has 0 saturated carbocycles.